The molecule has 1 unspecified atom stereocenters. The second-order valence-corrected chi connectivity index (χ2v) is 5.20. The number of hydrogen-bond acceptors (Lipinski definition) is 4. The van der Waals surface area contributed by atoms with E-state index in [-0.39, 0.29) is 6.04 Å². The number of nitrogens with zero attached hydrogens (tertiary/aromatic N) is 2. The summed E-state index contributed by atoms with van der Waals surface area (Å²) >= 11 is 3.48. The third-order valence-electron chi connectivity index (χ3n) is 3.11. The fourth-order valence-corrected chi connectivity index (χ4v) is 2.78. The molecular formula is C13H14BrN3O2. The van der Waals surface area contributed by atoms with Crippen LogP contribution < -0.4 is 10.2 Å². The molecule has 0 radical (unpaired) electrons. The number of ether oxygens (including phenoxy) is 1. The Balaban J connectivity index is 2.05. The second-order valence-electron chi connectivity index (χ2n) is 4.35. The largest absolute Gasteiger partial charge is 0.453 e. The molecule has 2 rings (SSSR count). The number of alkyl carbamates (subject to hydrolysis) is 1. The lowest BCUT2D eigenvalue weighted by Crippen LogP contribution is -2.37. The minimum Gasteiger partial charge on any atom is -0.453 e. The lowest BCUT2D eigenvalue weighted by molar-refractivity contribution is 0.167. The van der Waals surface area contributed by atoms with Crippen LogP contribution >= 0.6 is 15.9 Å². The minimum atomic E-state index is -0.397. The summed E-state index contributed by atoms with van der Waals surface area (Å²) < 4.78 is 5.49. The van der Waals surface area contributed by atoms with Crippen molar-refractivity contribution in [1.29, 1.82) is 5.26 Å². The number of amides is 1. The highest BCUT2D eigenvalue weighted by molar-refractivity contribution is 9.10. The molecule has 0 saturated carbocycles. The van der Waals surface area contributed by atoms with E-state index in [1.54, 1.807) is 12.1 Å². The summed E-state index contributed by atoms with van der Waals surface area (Å²) in [5.41, 5.74) is 1.66. The first-order valence-electron chi connectivity index (χ1n) is 5.93. The summed E-state index contributed by atoms with van der Waals surface area (Å²) in [6.07, 6.45) is 0.479. The zero-order valence-electron chi connectivity index (χ0n) is 10.5. The Morgan fingerprint density at radius 2 is 2.42 bits per heavy atom. The lowest BCUT2D eigenvalue weighted by Gasteiger charge is -2.20. The number of rotatable bonds is 2. The SMILES string of the molecule is COC(=O)NC1CCN(c2ccc(C#N)cc2Br)C1. The molecule has 1 N–H and O–H groups in total. The third kappa shape index (κ3) is 3.18. The van der Waals surface area contributed by atoms with E-state index in [0.29, 0.717) is 5.56 Å². The standard InChI is InChI=1S/C13H14BrN3O2/c1-19-13(18)16-10-4-5-17(8-10)12-3-2-9(7-15)6-11(12)14/h2-3,6,10H,4-5,8H2,1H3,(H,16,18). The predicted octanol–water partition coefficient (Wildman–Crippen LogP) is 2.26. The van der Waals surface area contributed by atoms with Crippen LogP contribution in [-0.4, -0.2) is 32.3 Å². The number of nitrogens with one attached hydrogen (secondary N) is 1. The molecule has 19 heavy (non-hydrogen) atoms. The molecule has 1 aromatic carbocycles. The maximum Gasteiger partial charge on any atom is 0.407 e. The van der Waals surface area contributed by atoms with Crippen molar-refractivity contribution in [3.63, 3.8) is 0 Å². The molecule has 5 nitrogen and oxygen atoms in total. The van der Waals surface area contributed by atoms with Crippen molar-refractivity contribution in [2.75, 3.05) is 25.1 Å². The number of halogens is 1. The van der Waals surface area contributed by atoms with Crippen LogP contribution in [-0.2, 0) is 4.74 Å². The molecule has 100 valence electrons. The topological polar surface area (TPSA) is 65.4 Å². The average molecular weight is 324 g/mol. The van der Waals surface area contributed by atoms with Crippen molar-refractivity contribution >= 4 is 27.7 Å². The fourth-order valence-electron chi connectivity index (χ4n) is 2.16. The maximum absolute atomic E-state index is 11.2. The van der Waals surface area contributed by atoms with E-state index in [0.717, 1.165) is 29.7 Å². The highest BCUT2D eigenvalue weighted by Crippen LogP contribution is 2.29. The molecule has 1 aromatic rings. The van der Waals surface area contributed by atoms with Gasteiger partial charge in [-0.25, -0.2) is 4.79 Å². The van der Waals surface area contributed by atoms with Gasteiger partial charge in [0.05, 0.1) is 30.5 Å². The van der Waals surface area contributed by atoms with E-state index in [2.05, 4.69) is 37.0 Å². The molecule has 1 saturated heterocycles. The number of benzene rings is 1. The van der Waals surface area contributed by atoms with Gasteiger partial charge in [-0.1, -0.05) is 0 Å². The summed E-state index contributed by atoms with van der Waals surface area (Å²) in [6.45, 7) is 1.60. The van der Waals surface area contributed by atoms with Crippen LogP contribution in [0.1, 0.15) is 12.0 Å². The summed E-state index contributed by atoms with van der Waals surface area (Å²) in [4.78, 5) is 13.3. The van der Waals surface area contributed by atoms with Crippen molar-refractivity contribution in [1.82, 2.24) is 5.32 Å². The second kappa shape index (κ2) is 5.93. The van der Waals surface area contributed by atoms with Crippen LogP contribution in [0.3, 0.4) is 0 Å². The van der Waals surface area contributed by atoms with E-state index in [9.17, 15) is 4.79 Å². The van der Waals surface area contributed by atoms with Crippen molar-refractivity contribution < 1.29 is 9.53 Å². The van der Waals surface area contributed by atoms with Crippen LogP contribution in [0.5, 0.6) is 0 Å². The van der Waals surface area contributed by atoms with Gasteiger partial charge in [-0.2, -0.15) is 5.26 Å². The Morgan fingerprint density at radius 1 is 1.63 bits per heavy atom. The summed E-state index contributed by atoms with van der Waals surface area (Å²) in [6, 6.07) is 7.71. The molecule has 1 atom stereocenters. The van der Waals surface area contributed by atoms with Gasteiger partial charge in [0, 0.05) is 17.6 Å². The van der Waals surface area contributed by atoms with E-state index >= 15 is 0 Å². The van der Waals surface area contributed by atoms with Crippen LogP contribution in [0, 0.1) is 11.3 Å². The first kappa shape index (κ1) is 13.7. The number of hydrogen-bond donors (Lipinski definition) is 1. The molecule has 1 fully saturated rings. The van der Waals surface area contributed by atoms with Gasteiger partial charge in [0.15, 0.2) is 0 Å². The van der Waals surface area contributed by atoms with Gasteiger partial charge in [-0.15, -0.1) is 0 Å². The van der Waals surface area contributed by atoms with Crippen LogP contribution in [0.15, 0.2) is 22.7 Å². The molecule has 0 aliphatic carbocycles. The van der Waals surface area contributed by atoms with Gasteiger partial charge in [0.1, 0.15) is 0 Å². The third-order valence-corrected chi connectivity index (χ3v) is 3.75. The van der Waals surface area contributed by atoms with Crippen molar-refractivity contribution in [3.8, 4) is 6.07 Å². The fraction of sp³-hybridized carbons (Fsp3) is 0.385. The van der Waals surface area contributed by atoms with Crippen molar-refractivity contribution in [3.05, 3.63) is 28.2 Å². The Kier molecular flexibility index (Phi) is 4.27. The monoisotopic (exact) mass is 323 g/mol. The summed E-state index contributed by atoms with van der Waals surface area (Å²) in [5.74, 6) is 0. The molecule has 0 bridgehead atoms. The zero-order valence-corrected chi connectivity index (χ0v) is 12.1. The highest BCUT2D eigenvalue weighted by atomic mass is 79.9. The molecule has 0 spiro atoms. The first-order valence-corrected chi connectivity index (χ1v) is 6.72. The van der Waals surface area contributed by atoms with E-state index in [1.165, 1.54) is 7.11 Å². The summed E-state index contributed by atoms with van der Waals surface area (Å²) in [7, 11) is 1.36. The van der Waals surface area contributed by atoms with Crippen LogP contribution in [0.2, 0.25) is 0 Å². The van der Waals surface area contributed by atoms with Crippen LogP contribution in [0.25, 0.3) is 0 Å². The Morgan fingerprint density at radius 3 is 3.05 bits per heavy atom. The molecule has 1 aliphatic rings. The number of anilines is 1. The predicted molar refractivity (Wildman–Crippen MR) is 75.0 cm³/mol. The van der Waals surface area contributed by atoms with E-state index in [1.807, 2.05) is 6.07 Å². The van der Waals surface area contributed by atoms with Gasteiger partial charge >= 0.3 is 6.09 Å². The molecule has 6 heteroatoms. The summed E-state index contributed by atoms with van der Waals surface area (Å²) in [5, 5.41) is 11.6. The highest BCUT2D eigenvalue weighted by Gasteiger charge is 2.25. The Labute approximate surface area is 120 Å². The zero-order chi connectivity index (χ0) is 13.8. The molecule has 1 heterocycles. The number of carbonyl (C=O) groups excluding carboxylic acids is 1. The average Bonchev–Trinajstić information content (AvgIpc) is 2.86. The Bertz CT molecular complexity index is 527. The van der Waals surface area contributed by atoms with Gasteiger partial charge in [-0.3, -0.25) is 0 Å². The molecule has 0 aromatic heterocycles. The van der Waals surface area contributed by atoms with Crippen molar-refractivity contribution in [2.24, 2.45) is 0 Å². The maximum atomic E-state index is 11.2. The molecular weight excluding hydrogens is 310 g/mol. The van der Waals surface area contributed by atoms with Crippen LogP contribution in [0.4, 0.5) is 10.5 Å². The quantitative estimate of drug-likeness (QED) is 0.906. The van der Waals surface area contributed by atoms with Gasteiger partial charge in [-0.05, 0) is 40.5 Å². The Hall–Kier alpha value is -1.74. The number of nitriles is 1. The van der Waals surface area contributed by atoms with Gasteiger partial charge in [0.2, 0.25) is 0 Å². The molecule has 1 aliphatic heterocycles. The lowest BCUT2D eigenvalue weighted by atomic mass is 10.2. The first-order chi connectivity index (χ1) is 9.13. The van der Waals surface area contributed by atoms with Gasteiger partial charge in [0.25, 0.3) is 0 Å². The number of methoxy groups -OCH3 is 1. The van der Waals surface area contributed by atoms with E-state index < -0.39 is 6.09 Å². The smallest absolute Gasteiger partial charge is 0.407 e. The molecule has 1 amide bonds. The van der Waals surface area contributed by atoms with Gasteiger partial charge < -0.3 is 15.0 Å². The normalized spacial score (nSPS) is 17.9. The van der Waals surface area contributed by atoms with Crippen molar-refractivity contribution in [2.45, 2.75) is 12.5 Å². The minimum absolute atomic E-state index is 0.0926. The number of carbonyl (C=O) groups is 1. The van der Waals surface area contributed by atoms with E-state index in [4.69, 9.17) is 5.26 Å².